The van der Waals surface area contributed by atoms with Crippen LogP contribution in [0.2, 0.25) is 0 Å². The molecule has 0 bridgehead atoms. The first-order chi connectivity index (χ1) is 9.36. The van der Waals surface area contributed by atoms with E-state index in [0.29, 0.717) is 0 Å². The van der Waals surface area contributed by atoms with Crippen molar-refractivity contribution in [1.29, 1.82) is 0 Å². The first-order valence-corrected chi connectivity index (χ1v) is 6.38. The fourth-order valence-electron chi connectivity index (χ4n) is 2.28. The van der Waals surface area contributed by atoms with Gasteiger partial charge in [-0.3, -0.25) is 0 Å². The monoisotopic (exact) mass is 256 g/mol. The maximum Gasteiger partial charge on any atom is 0.121 e. The van der Waals surface area contributed by atoms with Crippen molar-refractivity contribution < 1.29 is 14.5 Å². The minimum atomic E-state index is -0.0175. The number of benzene rings is 2. The van der Waals surface area contributed by atoms with Crippen LogP contribution < -0.4 is 4.74 Å². The van der Waals surface area contributed by atoms with E-state index in [1.807, 2.05) is 42.5 Å². The average molecular weight is 256 g/mol. The second-order valence-corrected chi connectivity index (χ2v) is 4.59. The summed E-state index contributed by atoms with van der Waals surface area (Å²) >= 11 is 0. The number of methoxy groups -OCH3 is 1. The second-order valence-electron chi connectivity index (χ2n) is 4.59. The zero-order valence-corrected chi connectivity index (χ0v) is 10.8. The lowest BCUT2D eigenvalue weighted by Crippen LogP contribution is -1.96. The highest BCUT2D eigenvalue weighted by molar-refractivity contribution is 5.29. The van der Waals surface area contributed by atoms with Gasteiger partial charge in [-0.15, -0.1) is 0 Å². The summed E-state index contributed by atoms with van der Waals surface area (Å²) in [6.45, 7) is 0. The molecule has 0 aliphatic carbocycles. The molecule has 1 aliphatic heterocycles. The lowest BCUT2D eigenvalue weighted by atomic mass is 10.00. The Kier molecular flexibility index (Phi) is 3.49. The molecule has 3 nitrogen and oxygen atoms in total. The summed E-state index contributed by atoms with van der Waals surface area (Å²) in [5.74, 6) is 0.849. The largest absolute Gasteiger partial charge is 0.497 e. The summed E-state index contributed by atoms with van der Waals surface area (Å²) < 4.78 is 5.15. The molecular formula is C16H16O3. The molecule has 2 aromatic carbocycles. The van der Waals surface area contributed by atoms with Gasteiger partial charge in [-0.1, -0.05) is 42.5 Å². The molecule has 1 fully saturated rings. The zero-order valence-electron chi connectivity index (χ0n) is 10.8. The minimum Gasteiger partial charge on any atom is -0.497 e. The number of hydrogen-bond donors (Lipinski definition) is 0. The first kappa shape index (κ1) is 12.2. The predicted molar refractivity (Wildman–Crippen MR) is 71.7 cm³/mol. The Hall–Kier alpha value is -1.84. The highest BCUT2D eigenvalue weighted by atomic mass is 17.2. The third kappa shape index (κ3) is 2.62. The van der Waals surface area contributed by atoms with Gasteiger partial charge < -0.3 is 4.74 Å². The van der Waals surface area contributed by atoms with Crippen molar-refractivity contribution in [2.75, 3.05) is 7.11 Å². The van der Waals surface area contributed by atoms with Crippen molar-refractivity contribution in [3.05, 3.63) is 65.7 Å². The summed E-state index contributed by atoms with van der Waals surface area (Å²) in [5.41, 5.74) is 2.26. The van der Waals surface area contributed by atoms with Crippen LogP contribution in [0.15, 0.2) is 54.6 Å². The van der Waals surface area contributed by atoms with E-state index in [4.69, 9.17) is 14.5 Å². The predicted octanol–water partition coefficient (Wildman–Crippen LogP) is 3.83. The normalized spacial score (nSPS) is 22.4. The molecule has 1 heterocycles. The SMILES string of the molecule is COc1ccc([C@H]2C[C@@H](c3ccccc3)OO2)cc1. The van der Waals surface area contributed by atoms with Crippen LogP contribution in [0.25, 0.3) is 0 Å². The van der Waals surface area contributed by atoms with Crippen LogP contribution in [0, 0.1) is 0 Å². The average Bonchev–Trinajstić information content (AvgIpc) is 2.98. The molecule has 0 amide bonds. The summed E-state index contributed by atoms with van der Waals surface area (Å²) in [4.78, 5) is 10.9. The molecule has 0 aromatic heterocycles. The third-order valence-corrected chi connectivity index (χ3v) is 3.37. The standard InChI is InChI=1S/C16H16O3/c1-17-14-9-7-13(8-10-14)16-11-15(18-19-16)12-5-3-2-4-6-12/h2-10,15-16H,11H2,1H3/t15-,16+/m0/s1. The van der Waals surface area contributed by atoms with E-state index in [0.717, 1.165) is 23.3 Å². The van der Waals surface area contributed by atoms with Gasteiger partial charge >= 0.3 is 0 Å². The quantitative estimate of drug-likeness (QED) is 0.781. The molecule has 0 N–H and O–H groups in total. The maximum absolute atomic E-state index is 5.44. The molecule has 98 valence electrons. The molecule has 0 saturated carbocycles. The van der Waals surface area contributed by atoms with Crippen molar-refractivity contribution in [1.82, 2.24) is 0 Å². The van der Waals surface area contributed by atoms with Gasteiger partial charge in [0.25, 0.3) is 0 Å². The van der Waals surface area contributed by atoms with Gasteiger partial charge in [0, 0.05) is 6.42 Å². The van der Waals surface area contributed by atoms with Gasteiger partial charge in [-0.25, -0.2) is 9.78 Å². The molecule has 1 aliphatic rings. The zero-order chi connectivity index (χ0) is 13.1. The topological polar surface area (TPSA) is 27.7 Å². The minimum absolute atomic E-state index is 0.00769. The van der Waals surface area contributed by atoms with E-state index in [2.05, 4.69) is 12.1 Å². The molecule has 0 spiro atoms. The van der Waals surface area contributed by atoms with E-state index >= 15 is 0 Å². The van der Waals surface area contributed by atoms with Gasteiger partial charge in [0.2, 0.25) is 0 Å². The van der Waals surface area contributed by atoms with Crippen LogP contribution in [0.5, 0.6) is 5.75 Å². The van der Waals surface area contributed by atoms with Crippen LogP contribution in [0.3, 0.4) is 0 Å². The van der Waals surface area contributed by atoms with Gasteiger partial charge in [-0.05, 0) is 23.3 Å². The van der Waals surface area contributed by atoms with Crippen molar-refractivity contribution >= 4 is 0 Å². The Morgan fingerprint density at radius 1 is 0.842 bits per heavy atom. The van der Waals surface area contributed by atoms with E-state index in [1.54, 1.807) is 7.11 Å². The molecule has 2 atom stereocenters. The molecule has 0 unspecified atom stereocenters. The first-order valence-electron chi connectivity index (χ1n) is 6.38. The van der Waals surface area contributed by atoms with Crippen LogP contribution in [-0.2, 0) is 9.78 Å². The van der Waals surface area contributed by atoms with Gasteiger partial charge in [0.15, 0.2) is 0 Å². The summed E-state index contributed by atoms with van der Waals surface area (Å²) in [7, 11) is 1.66. The summed E-state index contributed by atoms with van der Waals surface area (Å²) in [5, 5.41) is 0. The fourth-order valence-corrected chi connectivity index (χ4v) is 2.28. The Bertz CT molecular complexity index is 521. The molecular weight excluding hydrogens is 240 g/mol. The van der Waals surface area contributed by atoms with Crippen LogP contribution >= 0.6 is 0 Å². The highest BCUT2D eigenvalue weighted by Crippen LogP contribution is 2.39. The van der Waals surface area contributed by atoms with E-state index in [1.165, 1.54) is 0 Å². The van der Waals surface area contributed by atoms with Crippen molar-refractivity contribution in [2.24, 2.45) is 0 Å². The lowest BCUT2D eigenvalue weighted by Gasteiger charge is -2.07. The van der Waals surface area contributed by atoms with Crippen molar-refractivity contribution in [3.63, 3.8) is 0 Å². The Labute approximate surface area is 112 Å². The van der Waals surface area contributed by atoms with Gasteiger partial charge in [0.05, 0.1) is 7.11 Å². The third-order valence-electron chi connectivity index (χ3n) is 3.37. The van der Waals surface area contributed by atoms with E-state index < -0.39 is 0 Å². The van der Waals surface area contributed by atoms with E-state index in [9.17, 15) is 0 Å². The Morgan fingerprint density at radius 2 is 1.42 bits per heavy atom. The van der Waals surface area contributed by atoms with Gasteiger partial charge in [-0.2, -0.15) is 0 Å². The molecule has 1 saturated heterocycles. The molecule has 3 heteroatoms. The van der Waals surface area contributed by atoms with Crippen LogP contribution in [0.4, 0.5) is 0 Å². The molecule has 2 aromatic rings. The van der Waals surface area contributed by atoms with Crippen molar-refractivity contribution in [3.8, 4) is 5.75 Å². The fraction of sp³-hybridized carbons (Fsp3) is 0.250. The Morgan fingerprint density at radius 3 is 2.00 bits per heavy atom. The van der Waals surface area contributed by atoms with Crippen molar-refractivity contribution in [2.45, 2.75) is 18.6 Å². The highest BCUT2D eigenvalue weighted by Gasteiger charge is 2.29. The maximum atomic E-state index is 5.44. The second kappa shape index (κ2) is 5.43. The molecule has 0 radical (unpaired) electrons. The number of ether oxygens (including phenoxy) is 1. The lowest BCUT2D eigenvalue weighted by molar-refractivity contribution is -0.300. The molecule has 3 rings (SSSR count). The van der Waals surface area contributed by atoms with Gasteiger partial charge in [0.1, 0.15) is 18.0 Å². The summed E-state index contributed by atoms with van der Waals surface area (Å²) in [6, 6.07) is 18.1. The Balaban J connectivity index is 1.71. The number of hydrogen-bond acceptors (Lipinski definition) is 3. The molecule has 19 heavy (non-hydrogen) atoms. The number of rotatable bonds is 3. The van der Waals surface area contributed by atoms with Crippen LogP contribution in [0.1, 0.15) is 29.8 Å². The van der Waals surface area contributed by atoms with Crippen LogP contribution in [-0.4, -0.2) is 7.11 Å². The smallest absolute Gasteiger partial charge is 0.121 e. The van der Waals surface area contributed by atoms with E-state index in [-0.39, 0.29) is 12.2 Å². The summed E-state index contributed by atoms with van der Waals surface area (Å²) in [6.07, 6.45) is 0.820.